The number of hydrogen-bond donors (Lipinski definition) is 1. The monoisotopic (exact) mass is 460 g/mol. The lowest BCUT2D eigenvalue weighted by molar-refractivity contribution is -0.384. The average molecular weight is 460 g/mol. The molecule has 1 aliphatic rings. The lowest BCUT2D eigenvalue weighted by Gasteiger charge is -2.15. The van der Waals surface area contributed by atoms with E-state index in [0.717, 1.165) is 31.1 Å². The maximum absolute atomic E-state index is 12.7. The molecule has 1 fully saturated rings. The van der Waals surface area contributed by atoms with Gasteiger partial charge in [0.1, 0.15) is 17.9 Å². The lowest BCUT2D eigenvalue weighted by Crippen LogP contribution is -2.25. The van der Waals surface area contributed by atoms with Crippen LogP contribution in [0.5, 0.6) is 5.75 Å². The number of nitro groups is 1. The van der Waals surface area contributed by atoms with Crippen LogP contribution in [0.15, 0.2) is 53.5 Å². The molecule has 0 saturated carbocycles. The highest BCUT2D eigenvalue weighted by Gasteiger charge is 2.15. The molecule has 1 saturated heterocycles. The molecule has 1 aliphatic heterocycles. The molecule has 2 aromatic carbocycles. The van der Waals surface area contributed by atoms with E-state index in [1.54, 1.807) is 19.3 Å². The van der Waals surface area contributed by atoms with Gasteiger partial charge in [-0.15, -0.1) is 0 Å². The number of nitro benzene ring substituents is 1. The number of non-ortho nitro benzene ring substituents is 1. The summed E-state index contributed by atoms with van der Waals surface area (Å²) in [4.78, 5) is 34.7. The standard InChI is InChI=1S/C24H24N6O4/c1-28-21-15-25-24(27-22(21)19-9-6-17(30(32)33)14-20(19)23(28)31)26-16-4-7-18(8-5-16)34-13-12-29-10-2-3-11-29/h4-9,14-15H,2-3,10-13H2,1H3,(H,25,26,27). The molecular formula is C24H24N6O4. The van der Waals surface area contributed by atoms with Crippen molar-refractivity contribution in [1.29, 1.82) is 0 Å². The van der Waals surface area contributed by atoms with Crippen molar-refractivity contribution in [2.24, 2.45) is 7.05 Å². The molecule has 34 heavy (non-hydrogen) atoms. The van der Waals surface area contributed by atoms with Gasteiger partial charge in [0, 0.05) is 36.8 Å². The summed E-state index contributed by atoms with van der Waals surface area (Å²) in [6.07, 6.45) is 4.11. The van der Waals surface area contributed by atoms with Crippen molar-refractivity contribution >= 4 is 39.1 Å². The van der Waals surface area contributed by atoms with Crippen LogP contribution in [-0.4, -0.2) is 50.6 Å². The summed E-state index contributed by atoms with van der Waals surface area (Å²) in [6.45, 7) is 3.89. The summed E-state index contributed by atoms with van der Waals surface area (Å²) < 4.78 is 7.25. The van der Waals surface area contributed by atoms with Crippen molar-refractivity contribution < 1.29 is 9.66 Å². The Balaban J connectivity index is 1.37. The van der Waals surface area contributed by atoms with Gasteiger partial charge in [0.2, 0.25) is 5.95 Å². The summed E-state index contributed by atoms with van der Waals surface area (Å²) in [5, 5.41) is 15.1. The normalized spacial score (nSPS) is 14.0. The van der Waals surface area contributed by atoms with E-state index in [1.165, 1.54) is 29.5 Å². The van der Waals surface area contributed by atoms with Crippen molar-refractivity contribution in [2.75, 3.05) is 31.6 Å². The highest BCUT2D eigenvalue weighted by Crippen LogP contribution is 2.26. The third-order valence-corrected chi connectivity index (χ3v) is 6.12. The van der Waals surface area contributed by atoms with E-state index in [2.05, 4.69) is 20.2 Å². The van der Waals surface area contributed by atoms with Crippen LogP contribution < -0.4 is 15.6 Å². The van der Waals surface area contributed by atoms with E-state index in [-0.39, 0.29) is 16.6 Å². The van der Waals surface area contributed by atoms with Gasteiger partial charge in [-0.1, -0.05) is 0 Å². The van der Waals surface area contributed by atoms with Crippen LogP contribution in [0.25, 0.3) is 21.8 Å². The number of pyridine rings is 1. The highest BCUT2D eigenvalue weighted by molar-refractivity contribution is 6.04. The van der Waals surface area contributed by atoms with E-state index in [4.69, 9.17) is 4.74 Å². The number of ether oxygens (including phenoxy) is 1. The molecule has 0 atom stereocenters. The van der Waals surface area contributed by atoms with Crippen LogP contribution in [0.2, 0.25) is 0 Å². The molecule has 4 aromatic rings. The third-order valence-electron chi connectivity index (χ3n) is 6.12. The number of nitrogens with zero attached hydrogens (tertiary/aromatic N) is 5. The number of likely N-dealkylation sites (tertiary alicyclic amines) is 1. The molecule has 0 bridgehead atoms. The van der Waals surface area contributed by atoms with E-state index in [1.807, 2.05) is 24.3 Å². The second-order valence-corrected chi connectivity index (χ2v) is 8.33. The molecular weight excluding hydrogens is 436 g/mol. The van der Waals surface area contributed by atoms with Gasteiger partial charge in [-0.3, -0.25) is 19.8 Å². The van der Waals surface area contributed by atoms with Crippen LogP contribution in [-0.2, 0) is 7.05 Å². The van der Waals surface area contributed by atoms with E-state index in [9.17, 15) is 14.9 Å². The molecule has 10 heteroatoms. The number of hydrogen-bond acceptors (Lipinski definition) is 8. The molecule has 1 N–H and O–H groups in total. The Kier molecular flexibility index (Phi) is 5.81. The number of benzene rings is 2. The van der Waals surface area contributed by atoms with Gasteiger partial charge in [0.25, 0.3) is 11.2 Å². The Bertz CT molecular complexity index is 1430. The molecule has 0 radical (unpaired) electrons. The average Bonchev–Trinajstić information content (AvgIpc) is 3.37. The Labute approximate surface area is 195 Å². The van der Waals surface area contributed by atoms with Crippen LogP contribution in [0, 0.1) is 10.1 Å². The Morgan fingerprint density at radius 1 is 1.12 bits per heavy atom. The molecule has 174 valence electrons. The second kappa shape index (κ2) is 9.06. The zero-order valence-corrected chi connectivity index (χ0v) is 18.7. The minimum absolute atomic E-state index is 0.140. The van der Waals surface area contributed by atoms with E-state index < -0.39 is 4.92 Å². The molecule has 0 spiro atoms. The number of aromatic nitrogens is 3. The largest absolute Gasteiger partial charge is 0.492 e. The van der Waals surface area contributed by atoms with Crippen LogP contribution >= 0.6 is 0 Å². The molecule has 2 aromatic heterocycles. The van der Waals surface area contributed by atoms with E-state index in [0.29, 0.717) is 29.0 Å². The number of fused-ring (bicyclic) bond motifs is 3. The first-order valence-electron chi connectivity index (χ1n) is 11.2. The van der Waals surface area contributed by atoms with Crippen molar-refractivity contribution in [1.82, 2.24) is 19.4 Å². The fourth-order valence-electron chi connectivity index (χ4n) is 4.26. The summed E-state index contributed by atoms with van der Waals surface area (Å²) >= 11 is 0. The first-order chi connectivity index (χ1) is 16.5. The first kappa shape index (κ1) is 21.8. The second-order valence-electron chi connectivity index (χ2n) is 8.33. The Morgan fingerprint density at radius 3 is 2.62 bits per heavy atom. The van der Waals surface area contributed by atoms with Crippen molar-refractivity contribution in [3.63, 3.8) is 0 Å². The molecule has 0 amide bonds. The Morgan fingerprint density at radius 2 is 1.88 bits per heavy atom. The summed E-state index contributed by atoms with van der Waals surface area (Å²) in [5.74, 6) is 1.15. The van der Waals surface area contributed by atoms with Gasteiger partial charge in [0.05, 0.1) is 22.0 Å². The molecule has 10 nitrogen and oxygen atoms in total. The smallest absolute Gasteiger partial charge is 0.270 e. The fraction of sp³-hybridized carbons (Fsp3) is 0.292. The maximum Gasteiger partial charge on any atom is 0.270 e. The van der Waals surface area contributed by atoms with E-state index >= 15 is 0 Å². The number of anilines is 2. The van der Waals surface area contributed by atoms with Gasteiger partial charge in [0.15, 0.2) is 0 Å². The lowest BCUT2D eigenvalue weighted by atomic mass is 10.1. The number of aryl methyl sites for hydroxylation is 1. The van der Waals surface area contributed by atoms with Crippen molar-refractivity contribution in [2.45, 2.75) is 12.8 Å². The van der Waals surface area contributed by atoms with Crippen molar-refractivity contribution in [3.8, 4) is 5.75 Å². The van der Waals surface area contributed by atoms with Crippen LogP contribution in [0.4, 0.5) is 17.3 Å². The number of nitrogens with one attached hydrogen (secondary N) is 1. The van der Waals surface area contributed by atoms with Gasteiger partial charge >= 0.3 is 0 Å². The van der Waals surface area contributed by atoms with Gasteiger partial charge in [-0.2, -0.15) is 0 Å². The zero-order chi connectivity index (χ0) is 23.7. The first-order valence-corrected chi connectivity index (χ1v) is 11.2. The summed E-state index contributed by atoms with van der Waals surface area (Å²) in [6, 6.07) is 11.8. The zero-order valence-electron chi connectivity index (χ0n) is 18.7. The Hall–Kier alpha value is -4.05. The highest BCUT2D eigenvalue weighted by atomic mass is 16.6. The SMILES string of the molecule is Cn1c(=O)c2cc([N+](=O)[O-])ccc2c2nc(Nc3ccc(OCCN4CCCC4)cc3)ncc21. The van der Waals surface area contributed by atoms with Crippen molar-refractivity contribution in [3.05, 3.63) is 69.1 Å². The molecule has 5 rings (SSSR count). The minimum atomic E-state index is -0.518. The quantitative estimate of drug-likeness (QED) is 0.253. The molecule has 0 aliphatic carbocycles. The fourth-order valence-corrected chi connectivity index (χ4v) is 4.26. The van der Waals surface area contributed by atoms with Crippen LogP contribution in [0.3, 0.4) is 0 Å². The third kappa shape index (κ3) is 4.27. The predicted molar refractivity (Wildman–Crippen MR) is 130 cm³/mol. The minimum Gasteiger partial charge on any atom is -0.492 e. The van der Waals surface area contributed by atoms with Gasteiger partial charge in [-0.25, -0.2) is 9.97 Å². The summed E-state index contributed by atoms with van der Waals surface area (Å²) in [7, 11) is 1.60. The van der Waals surface area contributed by atoms with Gasteiger partial charge < -0.3 is 14.6 Å². The number of rotatable bonds is 7. The summed E-state index contributed by atoms with van der Waals surface area (Å²) in [5.41, 5.74) is 1.39. The predicted octanol–water partition coefficient (Wildman–Crippen LogP) is 3.61. The van der Waals surface area contributed by atoms with Gasteiger partial charge in [-0.05, 0) is 56.3 Å². The maximum atomic E-state index is 12.7. The molecule has 0 unspecified atom stereocenters. The van der Waals surface area contributed by atoms with Crippen LogP contribution in [0.1, 0.15) is 12.8 Å². The molecule has 3 heterocycles. The topological polar surface area (TPSA) is 115 Å².